The molecule has 38 heavy (non-hydrogen) atoms. The smallest absolute Gasteiger partial charge is 0.343 e. The van der Waals surface area contributed by atoms with E-state index in [2.05, 4.69) is 39.7 Å². The number of carbonyl (C=O) groups excluding carboxylic acids is 2. The Bertz CT molecular complexity index is 1530. The van der Waals surface area contributed by atoms with Gasteiger partial charge in [0, 0.05) is 25.0 Å². The lowest BCUT2D eigenvalue weighted by atomic mass is 9.74. The van der Waals surface area contributed by atoms with Crippen molar-refractivity contribution in [2.24, 2.45) is 0 Å². The number of hydrogen-bond donors (Lipinski definition) is 1. The van der Waals surface area contributed by atoms with Crippen molar-refractivity contribution in [1.29, 1.82) is 0 Å². The number of amides is 1. The maximum Gasteiger partial charge on any atom is 0.343 e. The highest BCUT2D eigenvalue weighted by Crippen LogP contribution is 2.46. The standard InChI is InChI=1S/C30H31N5O3/c1-3-38-29(37)23-19-32-35-26(23)31-18-22(27(35)33-25-11-7-4-8-20(25)2)28(36)34-16-14-30(15-17-34)13-12-21-9-5-6-10-24(21)30/h4-11,18-19,33H,3,12-17H2,1-2H3. The molecule has 2 aromatic heterocycles. The molecule has 8 nitrogen and oxygen atoms in total. The van der Waals surface area contributed by atoms with E-state index in [0.717, 1.165) is 36.9 Å². The van der Waals surface area contributed by atoms with Crippen LogP contribution in [0.5, 0.6) is 0 Å². The Morgan fingerprint density at radius 1 is 1.00 bits per heavy atom. The first-order chi connectivity index (χ1) is 18.5. The van der Waals surface area contributed by atoms with E-state index in [4.69, 9.17) is 4.74 Å². The molecule has 0 bridgehead atoms. The van der Waals surface area contributed by atoms with Crippen molar-refractivity contribution in [2.45, 2.75) is 44.9 Å². The number of benzene rings is 2. The van der Waals surface area contributed by atoms with Crippen molar-refractivity contribution in [1.82, 2.24) is 19.5 Å². The van der Waals surface area contributed by atoms with Crippen molar-refractivity contribution in [3.63, 3.8) is 0 Å². The Morgan fingerprint density at radius 2 is 1.76 bits per heavy atom. The summed E-state index contributed by atoms with van der Waals surface area (Å²) in [5, 5.41) is 7.85. The normalized spacial score (nSPS) is 16.0. The number of likely N-dealkylation sites (tertiary alicyclic amines) is 1. The minimum Gasteiger partial charge on any atom is -0.462 e. The van der Waals surface area contributed by atoms with E-state index in [1.807, 2.05) is 36.1 Å². The molecule has 6 rings (SSSR count). The summed E-state index contributed by atoms with van der Waals surface area (Å²) in [5.41, 5.74) is 5.96. The third-order valence-corrected chi connectivity index (χ3v) is 8.12. The summed E-state index contributed by atoms with van der Waals surface area (Å²) in [7, 11) is 0. The summed E-state index contributed by atoms with van der Waals surface area (Å²) in [6.07, 6.45) is 7.14. The lowest BCUT2D eigenvalue weighted by molar-refractivity contribution is 0.0528. The summed E-state index contributed by atoms with van der Waals surface area (Å²) in [4.78, 5) is 32.9. The van der Waals surface area contributed by atoms with Crippen molar-refractivity contribution in [3.05, 3.63) is 88.7 Å². The van der Waals surface area contributed by atoms with Crippen LogP contribution in [0, 0.1) is 6.92 Å². The highest BCUT2D eigenvalue weighted by molar-refractivity contribution is 6.01. The fraction of sp³-hybridized carbons (Fsp3) is 0.333. The second-order valence-corrected chi connectivity index (χ2v) is 10.2. The molecular formula is C30H31N5O3. The van der Waals surface area contributed by atoms with Crippen LogP contribution in [-0.4, -0.2) is 51.1 Å². The maximum atomic E-state index is 13.9. The van der Waals surface area contributed by atoms with Gasteiger partial charge < -0.3 is 15.0 Å². The first kappa shape index (κ1) is 24.2. The quantitative estimate of drug-likeness (QED) is 0.378. The Hall–Kier alpha value is -4.20. The Kier molecular flexibility index (Phi) is 6.10. The van der Waals surface area contributed by atoms with Gasteiger partial charge in [0.2, 0.25) is 0 Å². The van der Waals surface area contributed by atoms with Crippen molar-refractivity contribution < 1.29 is 14.3 Å². The van der Waals surface area contributed by atoms with Crippen LogP contribution in [0.4, 0.5) is 11.5 Å². The summed E-state index contributed by atoms with van der Waals surface area (Å²) in [6, 6.07) is 16.6. The average molecular weight is 510 g/mol. The van der Waals surface area contributed by atoms with Gasteiger partial charge in [-0.25, -0.2) is 9.78 Å². The first-order valence-corrected chi connectivity index (χ1v) is 13.2. The van der Waals surface area contributed by atoms with Crippen LogP contribution in [-0.2, 0) is 16.6 Å². The molecule has 0 unspecified atom stereocenters. The van der Waals surface area contributed by atoms with Gasteiger partial charge in [-0.3, -0.25) is 4.79 Å². The van der Waals surface area contributed by atoms with Gasteiger partial charge in [0.15, 0.2) is 5.65 Å². The topological polar surface area (TPSA) is 88.8 Å². The van der Waals surface area contributed by atoms with E-state index in [-0.39, 0.29) is 23.5 Å². The monoisotopic (exact) mass is 509 g/mol. The van der Waals surface area contributed by atoms with Gasteiger partial charge in [-0.05, 0) is 67.7 Å². The molecule has 1 fully saturated rings. The summed E-state index contributed by atoms with van der Waals surface area (Å²) >= 11 is 0. The molecule has 2 aromatic carbocycles. The molecule has 2 aliphatic rings. The molecule has 1 spiro atoms. The van der Waals surface area contributed by atoms with Crippen LogP contribution in [0.1, 0.15) is 63.6 Å². The number of nitrogens with zero attached hydrogens (tertiary/aromatic N) is 4. The number of piperidine rings is 1. The third-order valence-electron chi connectivity index (χ3n) is 8.12. The highest BCUT2D eigenvalue weighted by atomic mass is 16.5. The maximum absolute atomic E-state index is 13.9. The Labute approximate surface area is 221 Å². The van der Waals surface area contributed by atoms with Gasteiger partial charge in [0.25, 0.3) is 5.91 Å². The summed E-state index contributed by atoms with van der Waals surface area (Å²) in [6.45, 7) is 5.37. The number of aryl methyl sites for hydroxylation is 2. The van der Waals surface area contributed by atoms with Crippen LogP contribution in [0.25, 0.3) is 5.65 Å². The summed E-state index contributed by atoms with van der Waals surface area (Å²) < 4.78 is 6.72. The lowest BCUT2D eigenvalue weighted by Crippen LogP contribution is -2.44. The van der Waals surface area contributed by atoms with Crippen LogP contribution >= 0.6 is 0 Å². The van der Waals surface area contributed by atoms with Crippen LogP contribution in [0.3, 0.4) is 0 Å². The van der Waals surface area contributed by atoms with Gasteiger partial charge in [0.1, 0.15) is 16.9 Å². The van der Waals surface area contributed by atoms with E-state index in [9.17, 15) is 9.59 Å². The SMILES string of the molecule is CCOC(=O)c1cnn2c(Nc3ccccc3C)c(C(=O)N3CCC4(CCc5ccccc54)CC3)cnc12. The zero-order valence-electron chi connectivity index (χ0n) is 21.7. The molecule has 0 saturated carbocycles. The zero-order valence-corrected chi connectivity index (χ0v) is 21.7. The van der Waals surface area contributed by atoms with Gasteiger partial charge in [-0.15, -0.1) is 0 Å². The number of hydrogen-bond acceptors (Lipinski definition) is 6. The van der Waals surface area contributed by atoms with Gasteiger partial charge >= 0.3 is 5.97 Å². The summed E-state index contributed by atoms with van der Waals surface area (Å²) in [5.74, 6) is -0.102. The molecule has 0 radical (unpaired) electrons. The number of nitrogens with one attached hydrogen (secondary N) is 1. The number of ether oxygens (including phenoxy) is 1. The van der Waals surface area contributed by atoms with E-state index in [0.29, 0.717) is 30.1 Å². The molecule has 0 atom stereocenters. The Morgan fingerprint density at radius 3 is 2.55 bits per heavy atom. The molecule has 1 aliphatic heterocycles. The molecule has 1 aliphatic carbocycles. The minimum absolute atomic E-state index is 0.0928. The second kappa shape index (κ2) is 9.59. The number of fused-ring (bicyclic) bond motifs is 3. The predicted octanol–water partition coefficient (Wildman–Crippen LogP) is 5.08. The fourth-order valence-corrected chi connectivity index (χ4v) is 5.99. The van der Waals surface area contributed by atoms with Crippen LogP contribution < -0.4 is 5.32 Å². The lowest BCUT2D eigenvalue weighted by Gasteiger charge is -2.40. The highest BCUT2D eigenvalue weighted by Gasteiger charge is 2.42. The molecule has 8 heteroatoms. The number of anilines is 2. The van der Waals surface area contributed by atoms with Crippen LogP contribution in [0.15, 0.2) is 60.9 Å². The molecular weight excluding hydrogens is 478 g/mol. The number of carbonyl (C=O) groups is 2. The number of aromatic nitrogens is 3. The average Bonchev–Trinajstić information content (AvgIpc) is 3.53. The third kappa shape index (κ3) is 4.00. The Balaban J connectivity index is 1.34. The largest absolute Gasteiger partial charge is 0.462 e. The van der Waals surface area contributed by atoms with Crippen molar-refractivity contribution in [3.8, 4) is 0 Å². The number of para-hydroxylation sites is 1. The molecule has 194 valence electrons. The van der Waals surface area contributed by atoms with Crippen molar-refractivity contribution in [2.75, 3.05) is 25.0 Å². The van der Waals surface area contributed by atoms with Crippen molar-refractivity contribution >= 4 is 29.0 Å². The number of esters is 1. The predicted molar refractivity (Wildman–Crippen MR) is 145 cm³/mol. The molecule has 1 N–H and O–H groups in total. The van der Waals surface area contributed by atoms with Gasteiger partial charge in [-0.2, -0.15) is 9.61 Å². The first-order valence-electron chi connectivity index (χ1n) is 13.2. The fourth-order valence-electron chi connectivity index (χ4n) is 5.99. The molecule has 3 heterocycles. The van der Waals surface area contributed by atoms with Gasteiger partial charge in [0.05, 0.1) is 12.8 Å². The van der Waals surface area contributed by atoms with Crippen LogP contribution in [0.2, 0.25) is 0 Å². The molecule has 1 saturated heterocycles. The molecule has 4 aromatic rings. The van der Waals surface area contributed by atoms with E-state index < -0.39 is 5.97 Å². The van der Waals surface area contributed by atoms with E-state index in [1.54, 1.807) is 13.1 Å². The zero-order chi connectivity index (χ0) is 26.3. The van der Waals surface area contributed by atoms with Gasteiger partial charge in [-0.1, -0.05) is 42.5 Å². The number of rotatable bonds is 5. The van der Waals surface area contributed by atoms with E-state index in [1.165, 1.54) is 21.8 Å². The second-order valence-electron chi connectivity index (χ2n) is 10.2. The van der Waals surface area contributed by atoms with E-state index >= 15 is 0 Å². The molecule has 1 amide bonds. The minimum atomic E-state index is -0.492.